The minimum absolute atomic E-state index is 0.0109. The molecule has 14 heteroatoms. The molecule has 6 rings (SSSR count). The van der Waals surface area contributed by atoms with Crippen LogP contribution >= 0.6 is 118 Å². The molecule has 4 nitrogen and oxygen atoms in total. The molecule has 0 aliphatic rings. The molecule has 0 aliphatic heterocycles. The van der Waals surface area contributed by atoms with Gasteiger partial charge in [-0.05, 0) is 124 Å². The highest BCUT2D eigenvalue weighted by Gasteiger charge is 2.20. The fourth-order valence-corrected chi connectivity index (χ4v) is 13.1. The predicted octanol–water partition coefficient (Wildman–Crippen LogP) is 22.1. The lowest BCUT2D eigenvalue weighted by Crippen LogP contribution is -2.05. The van der Waals surface area contributed by atoms with Gasteiger partial charge in [0, 0.05) is 57.7 Å². The van der Waals surface area contributed by atoms with Gasteiger partial charge >= 0.3 is 0 Å². The number of fused-ring (bicyclic) bond motifs is 5. The first-order valence-electron chi connectivity index (χ1n) is 25.4. The minimum atomic E-state index is 0.0109. The topological polar surface area (TPSA) is 56.5 Å². The summed E-state index contributed by atoms with van der Waals surface area (Å²) in [6.45, 7) is 30.3. The zero-order valence-electron chi connectivity index (χ0n) is 45.3. The SMILES string of the molecule is CC.CC=S.CCC.CCC.CCC.CCCCCSC(=S)OC(CC)c1ccc(-c2ccc3c(c2)sc2c4ccc(-c5ccc(C(CC)OC(=S)SCCCC)s5)cc4sc32)s1.CCNC=S.CN. The Bertz CT molecular complexity index is 2230. The summed E-state index contributed by atoms with van der Waals surface area (Å²) < 4.78 is 19.2. The van der Waals surface area contributed by atoms with Gasteiger partial charge in [-0.1, -0.05) is 194 Å². The summed E-state index contributed by atoms with van der Waals surface area (Å²) in [6.07, 6.45) is 11.6. The largest absolute Gasteiger partial charge is 0.470 e. The van der Waals surface area contributed by atoms with E-state index in [4.69, 9.17) is 33.9 Å². The first-order valence-corrected chi connectivity index (χ1v) is 32.4. The molecule has 6 aromatic rings. The highest BCUT2D eigenvalue weighted by molar-refractivity contribution is 8.22. The Labute approximate surface area is 472 Å². The molecule has 2 aromatic carbocycles. The van der Waals surface area contributed by atoms with Crippen molar-refractivity contribution in [3.05, 3.63) is 70.4 Å². The average Bonchev–Trinajstić information content (AvgIpc) is 4.19. The van der Waals surface area contributed by atoms with Gasteiger partial charge in [0.25, 0.3) is 0 Å². The summed E-state index contributed by atoms with van der Waals surface area (Å²) in [6, 6.07) is 22.8. The molecule has 0 saturated heterocycles. The maximum absolute atomic E-state index is 6.24. The second kappa shape index (κ2) is 46.0. The molecule has 0 aliphatic carbocycles. The van der Waals surface area contributed by atoms with Crippen LogP contribution in [0.25, 0.3) is 50.5 Å². The minimum Gasteiger partial charge on any atom is -0.470 e. The first-order chi connectivity index (χ1) is 34.0. The molecule has 0 spiro atoms. The second-order valence-electron chi connectivity index (χ2n) is 15.0. The number of hydrogen-bond donors (Lipinski definition) is 2. The van der Waals surface area contributed by atoms with Crippen molar-refractivity contribution in [2.45, 2.75) is 173 Å². The first kappa shape index (κ1) is 70.5. The van der Waals surface area contributed by atoms with Crippen molar-refractivity contribution < 1.29 is 9.47 Å². The van der Waals surface area contributed by atoms with E-state index in [0.717, 1.165) is 37.3 Å². The van der Waals surface area contributed by atoms with Crippen LogP contribution in [0.2, 0.25) is 0 Å². The number of rotatable bonds is 17. The standard InChI is InChI=1S/C39H42O2S8.C3H7NS.3C3H8.C2H4S.C2H6.CH5N/c1-5-9-11-21-45-39(43)41-29(8-4)33-19-17-31(47-33)25-13-15-27-35(23-25)49-36-26-14-12-24(22-34(26)48-37(27)36)30-16-18-32(46-30)28(7-3)40-38(42)44-20-10-6-2;1-2-4-3-5;3*1-3-2;1-2-3;2*1-2/h12-19,22-23,28-29H,5-11,20-21H2,1-4H3;3H,2H2,1H3,(H,4,5);3*3H2,1-2H3;2H,1H3;1-2H3;2H2,1H3. The fraction of sp³-hybridized carbons (Fsp3) is 0.536. The Morgan fingerprint density at radius 1 is 0.586 bits per heavy atom. The van der Waals surface area contributed by atoms with E-state index in [1.54, 1.807) is 28.9 Å². The number of thiophene rings is 4. The molecular weight excluding hydrogens is 1050 g/mol. The number of hydrogen-bond acceptors (Lipinski definition) is 13. The lowest BCUT2D eigenvalue weighted by molar-refractivity contribution is 0.204. The van der Waals surface area contributed by atoms with Crippen molar-refractivity contribution in [1.82, 2.24) is 5.32 Å². The van der Waals surface area contributed by atoms with Crippen molar-refractivity contribution in [2.75, 3.05) is 25.1 Å². The fourth-order valence-electron chi connectivity index (χ4n) is 5.80. The van der Waals surface area contributed by atoms with Gasteiger partial charge in [0.15, 0.2) is 0 Å². The number of nitrogens with one attached hydrogen (secondary N) is 1. The third-order valence-corrected chi connectivity index (χ3v) is 16.4. The van der Waals surface area contributed by atoms with Crippen molar-refractivity contribution in [2.24, 2.45) is 5.73 Å². The van der Waals surface area contributed by atoms with Crippen LogP contribution in [0.5, 0.6) is 0 Å². The van der Waals surface area contributed by atoms with Gasteiger partial charge in [-0.2, -0.15) is 0 Å². The molecule has 2 atom stereocenters. The van der Waals surface area contributed by atoms with E-state index in [0.29, 0.717) is 8.77 Å². The van der Waals surface area contributed by atoms with Gasteiger partial charge in [0.2, 0.25) is 8.77 Å². The number of benzene rings is 2. The van der Waals surface area contributed by atoms with Gasteiger partial charge in [-0.15, -0.1) is 45.3 Å². The van der Waals surface area contributed by atoms with Gasteiger partial charge < -0.3 is 20.5 Å². The maximum Gasteiger partial charge on any atom is 0.220 e. The van der Waals surface area contributed by atoms with Crippen LogP contribution in [0, 0.1) is 0 Å². The summed E-state index contributed by atoms with van der Waals surface area (Å²) in [4.78, 5) is 5.02. The third kappa shape index (κ3) is 26.6. The number of thioether (sulfide) groups is 2. The monoisotopic (exact) mass is 1140 g/mol. The lowest BCUT2D eigenvalue weighted by atomic mass is 10.1. The molecule has 70 heavy (non-hydrogen) atoms. The van der Waals surface area contributed by atoms with Crippen LogP contribution in [0.4, 0.5) is 0 Å². The number of thiocarbonyl (C=S) groups is 4. The van der Waals surface area contributed by atoms with Gasteiger partial charge in [-0.3, -0.25) is 0 Å². The Balaban J connectivity index is 0. The van der Waals surface area contributed by atoms with Crippen LogP contribution in [0.1, 0.15) is 183 Å². The Morgan fingerprint density at radius 3 is 1.27 bits per heavy atom. The van der Waals surface area contributed by atoms with Crippen LogP contribution in [-0.2, 0) is 9.47 Å². The molecule has 4 aromatic heterocycles. The molecule has 0 bridgehead atoms. The maximum atomic E-state index is 6.24. The second-order valence-corrected chi connectivity index (χ2v) is 23.4. The summed E-state index contributed by atoms with van der Waals surface area (Å²) in [5.74, 6) is 2.06. The van der Waals surface area contributed by atoms with E-state index in [1.807, 2.05) is 73.0 Å². The van der Waals surface area contributed by atoms with Gasteiger partial charge in [0.05, 0.1) is 14.9 Å². The molecule has 0 amide bonds. The van der Waals surface area contributed by atoms with Crippen molar-refractivity contribution in [1.29, 1.82) is 0 Å². The molecule has 2 unspecified atom stereocenters. The van der Waals surface area contributed by atoms with E-state index in [9.17, 15) is 0 Å². The number of nitrogens with two attached hydrogens (primary N) is 1. The van der Waals surface area contributed by atoms with E-state index in [2.05, 4.69) is 165 Å². The van der Waals surface area contributed by atoms with Crippen molar-refractivity contribution in [3.8, 4) is 20.9 Å². The van der Waals surface area contributed by atoms with E-state index < -0.39 is 0 Å². The molecule has 0 radical (unpaired) electrons. The van der Waals surface area contributed by atoms with Crippen LogP contribution < -0.4 is 11.1 Å². The quantitative estimate of drug-likeness (QED) is 0.0682. The molecule has 4 heterocycles. The van der Waals surface area contributed by atoms with Crippen LogP contribution in [-0.4, -0.2) is 44.7 Å². The van der Waals surface area contributed by atoms with Crippen LogP contribution in [0.15, 0.2) is 60.7 Å². The summed E-state index contributed by atoms with van der Waals surface area (Å²) in [5.41, 5.74) is 8.54. The zero-order chi connectivity index (χ0) is 53.3. The normalized spacial score (nSPS) is 10.7. The summed E-state index contributed by atoms with van der Waals surface area (Å²) in [5, 5.41) is 7.07. The van der Waals surface area contributed by atoms with Crippen LogP contribution in [0.3, 0.4) is 0 Å². The Kier molecular flexibility index (Phi) is 46.3. The Hall–Kier alpha value is -1.56. The number of ether oxygens (including phenoxy) is 2. The molecular formula is C56H88N2O2S10. The van der Waals surface area contributed by atoms with Crippen molar-refractivity contribution >= 4 is 167 Å². The summed E-state index contributed by atoms with van der Waals surface area (Å²) in [7, 11) is 1.50. The van der Waals surface area contributed by atoms with Gasteiger partial charge in [-0.25, -0.2) is 0 Å². The smallest absolute Gasteiger partial charge is 0.220 e. The Morgan fingerprint density at radius 2 is 0.957 bits per heavy atom. The van der Waals surface area contributed by atoms with Gasteiger partial charge in [0.1, 0.15) is 12.2 Å². The van der Waals surface area contributed by atoms with E-state index >= 15 is 0 Å². The average molecular weight is 1140 g/mol. The predicted molar refractivity (Wildman–Crippen MR) is 350 cm³/mol. The zero-order valence-corrected chi connectivity index (χ0v) is 53.4. The van der Waals surface area contributed by atoms with E-state index in [1.165, 1.54) is 118 Å². The molecule has 394 valence electrons. The molecule has 0 saturated carbocycles. The van der Waals surface area contributed by atoms with Crippen molar-refractivity contribution in [3.63, 3.8) is 0 Å². The highest BCUT2D eigenvalue weighted by atomic mass is 32.2. The molecule has 3 N–H and O–H groups in total. The van der Waals surface area contributed by atoms with E-state index in [-0.39, 0.29) is 12.2 Å². The lowest BCUT2D eigenvalue weighted by Gasteiger charge is -2.16. The number of unbranched alkanes of at least 4 members (excludes halogenated alkanes) is 3. The third-order valence-electron chi connectivity index (χ3n) is 8.73. The molecule has 0 fully saturated rings. The highest BCUT2D eigenvalue weighted by Crippen LogP contribution is 2.47. The summed E-state index contributed by atoms with van der Waals surface area (Å²) >= 11 is 30.6.